The van der Waals surface area contributed by atoms with E-state index in [-0.39, 0.29) is 132 Å². The second-order valence-corrected chi connectivity index (χ2v) is 25.8. The maximum atomic E-state index is 15.3. The van der Waals surface area contributed by atoms with E-state index in [1.807, 2.05) is 93.1 Å². The molecule has 0 bridgehead atoms. The van der Waals surface area contributed by atoms with Gasteiger partial charge in [0.25, 0.3) is 5.91 Å². The van der Waals surface area contributed by atoms with Crippen molar-refractivity contribution in [1.82, 2.24) is 36.1 Å². The van der Waals surface area contributed by atoms with Crippen molar-refractivity contribution in [2.45, 2.75) is 169 Å². The third-order valence-corrected chi connectivity index (χ3v) is 17.9. The third-order valence-electron chi connectivity index (χ3n) is 16.9. The summed E-state index contributed by atoms with van der Waals surface area (Å²) in [6.45, 7) is 16.5. The molecule has 4 aromatic rings. The highest BCUT2D eigenvalue weighted by molar-refractivity contribution is 7.09. The highest BCUT2D eigenvalue weighted by atomic mass is 32.1. The van der Waals surface area contributed by atoms with Crippen LogP contribution in [0.5, 0.6) is 0 Å². The number of amides is 6. The molecule has 0 aliphatic carbocycles. The van der Waals surface area contributed by atoms with Crippen molar-refractivity contribution in [3.63, 3.8) is 0 Å². The lowest BCUT2D eigenvalue weighted by Crippen LogP contribution is -2.59. The first-order chi connectivity index (χ1) is 44.2. The number of aliphatic carboxylic acids is 1. The lowest BCUT2D eigenvalue weighted by atomic mass is 9.84. The second-order valence-electron chi connectivity index (χ2n) is 24.9. The van der Waals surface area contributed by atoms with Crippen molar-refractivity contribution in [2.75, 3.05) is 77.8 Å². The fourth-order valence-corrected chi connectivity index (χ4v) is 12.1. The Bertz CT molecular complexity index is 3100. The smallest absolute Gasteiger partial charge is 0.407 e. The molecule has 3 aromatic carbocycles. The minimum Gasteiger partial charge on any atom is -0.481 e. The number of hydrogen-bond donors (Lipinski definition) is 5. The summed E-state index contributed by atoms with van der Waals surface area (Å²) in [6.07, 6.45) is 5.35. The predicted octanol–water partition coefficient (Wildman–Crippen LogP) is 9.62. The minimum atomic E-state index is -1.23. The Hall–Kier alpha value is -7.29. The molecule has 0 unspecified atom stereocenters. The van der Waals surface area contributed by atoms with Crippen molar-refractivity contribution >= 4 is 58.6 Å². The van der Waals surface area contributed by atoms with E-state index in [0.29, 0.717) is 48.6 Å². The zero-order valence-electron chi connectivity index (χ0n) is 55.0. The molecule has 5 N–H and O–H groups in total. The van der Waals surface area contributed by atoms with Crippen LogP contribution in [0.15, 0.2) is 78.2 Å². The number of fused-ring (bicyclic) bond motifs is 2. The van der Waals surface area contributed by atoms with Crippen molar-refractivity contribution in [1.29, 1.82) is 0 Å². The average molecular weight is 1290 g/mol. The summed E-state index contributed by atoms with van der Waals surface area (Å²) in [5.41, 5.74) is 2.73. The number of benzene rings is 3. The van der Waals surface area contributed by atoms with Gasteiger partial charge in [-0.25, -0.2) is 14.2 Å². The summed E-state index contributed by atoms with van der Waals surface area (Å²) in [4.78, 5) is 106. The van der Waals surface area contributed by atoms with Crippen LogP contribution in [0.4, 0.5) is 14.9 Å². The van der Waals surface area contributed by atoms with Crippen LogP contribution in [0, 0.1) is 34.9 Å². The van der Waals surface area contributed by atoms with E-state index in [1.54, 1.807) is 36.3 Å². The molecule has 502 valence electrons. The van der Waals surface area contributed by atoms with Crippen LogP contribution in [0.1, 0.15) is 169 Å². The molecule has 0 spiro atoms. The molecule has 0 saturated carbocycles. The van der Waals surface area contributed by atoms with Gasteiger partial charge in [-0.2, -0.15) is 0 Å². The number of carbonyl (C=O) groups is 7. The molecule has 6 rings (SSSR count). The maximum absolute atomic E-state index is 15.3. The fourth-order valence-electron chi connectivity index (χ4n) is 11.3. The lowest BCUT2D eigenvalue weighted by molar-refractivity contribution is -0.147. The number of unbranched alkanes of at least 4 members (excludes halogenated alkanes) is 3. The molecule has 22 heteroatoms. The van der Waals surface area contributed by atoms with E-state index in [0.717, 1.165) is 66.7 Å². The van der Waals surface area contributed by atoms with Gasteiger partial charge in [0, 0.05) is 67.5 Å². The summed E-state index contributed by atoms with van der Waals surface area (Å²) < 4.78 is 37.2. The van der Waals surface area contributed by atoms with E-state index in [2.05, 4.69) is 40.0 Å². The Morgan fingerprint density at radius 1 is 0.815 bits per heavy atom. The molecule has 0 radical (unpaired) electrons. The van der Waals surface area contributed by atoms with Gasteiger partial charge in [-0.1, -0.05) is 121 Å². The molecule has 2 aliphatic heterocycles. The number of alkyl carbamates (subject to hydrolysis) is 1. The predicted molar refractivity (Wildman–Crippen MR) is 352 cm³/mol. The van der Waals surface area contributed by atoms with Crippen LogP contribution in [0.25, 0.3) is 0 Å². The number of piperidine rings is 1. The normalized spacial score (nSPS) is 15.6. The highest BCUT2D eigenvalue weighted by Crippen LogP contribution is 2.33. The SMILES string of the molecule is CCCCCCN(C(=O)[C@@H](NC(=O)[C@H]1CCCCN1C)[C@@H](C)CC)[C@H](C[C@@H](OC(=O)NCCOCCOCCOCCNC(=O)CCC(=O)N1Cc2ccccc2C#Cc2ccccc21)c1nc(C(=O)N[C@@H](Cc2ccc(F)cc2)CC(C)(C)C(=O)O)cs1)C(C)C. The number of anilines is 1. The van der Waals surface area contributed by atoms with Crippen molar-refractivity contribution in [3.8, 4) is 11.8 Å². The first-order valence-corrected chi connectivity index (χ1v) is 33.6. The largest absolute Gasteiger partial charge is 0.481 e. The number of halogens is 1. The van der Waals surface area contributed by atoms with Crippen molar-refractivity contribution in [3.05, 3.63) is 117 Å². The Labute approximate surface area is 546 Å². The van der Waals surface area contributed by atoms with Crippen molar-refractivity contribution < 1.29 is 62.0 Å². The Balaban J connectivity index is 1.03. The van der Waals surface area contributed by atoms with Crippen LogP contribution in [0.3, 0.4) is 0 Å². The molecule has 1 saturated heterocycles. The van der Waals surface area contributed by atoms with Gasteiger partial charge in [-0.15, -0.1) is 11.3 Å². The van der Waals surface area contributed by atoms with Gasteiger partial charge in [-0.3, -0.25) is 33.7 Å². The number of ether oxygens (including phenoxy) is 4. The van der Waals surface area contributed by atoms with Crippen LogP contribution in [0.2, 0.25) is 0 Å². The molecule has 1 fully saturated rings. The molecule has 6 amide bonds. The molecule has 2 aliphatic rings. The first-order valence-electron chi connectivity index (χ1n) is 32.7. The average Bonchev–Trinajstić information content (AvgIpc) is 1.00. The molecule has 6 atom stereocenters. The number of thiazole rings is 1. The second kappa shape index (κ2) is 38.0. The van der Waals surface area contributed by atoms with Gasteiger partial charge in [-0.05, 0) is 113 Å². The molecule has 92 heavy (non-hydrogen) atoms. The number of likely N-dealkylation sites (tertiary alicyclic amines) is 1. The van der Waals surface area contributed by atoms with Gasteiger partial charge in [0.05, 0.1) is 63.3 Å². The number of carboxylic acids is 1. The summed E-state index contributed by atoms with van der Waals surface area (Å²) in [5, 5.41) is 23.6. The van der Waals surface area contributed by atoms with E-state index < -0.39 is 53.4 Å². The quantitative estimate of drug-likeness (QED) is 0.0207. The molecule has 20 nitrogen and oxygen atoms in total. The molecular formula is C70H97FN8O12S. The summed E-state index contributed by atoms with van der Waals surface area (Å²) >= 11 is 1.11. The Morgan fingerprint density at radius 3 is 2.15 bits per heavy atom. The fraction of sp³-hybridized carbons (Fsp3) is 0.571. The Kier molecular flexibility index (Phi) is 30.5. The van der Waals surface area contributed by atoms with Crippen LogP contribution in [-0.4, -0.2) is 159 Å². The molecule has 3 heterocycles. The number of carboxylic acid groups (broad SMARTS) is 1. The number of para-hydroxylation sites is 1. The number of nitrogens with one attached hydrogen (secondary N) is 4. The molecule has 1 aromatic heterocycles. The minimum absolute atomic E-state index is 0.0132. The highest BCUT2D eigenvalue weighted by Gasteiger charge is 2.40. The number of hydrogen-bond acceptors (Lipinski definition) is 14. The topological polar surface area (TPSA) is 247 Å². The van der Waals surface area contributed by atoms with E-state index in [9.17, 15) is 38.3 Å². The van der Waals surface area contributed by atoms with Gasteiger partial charge >= 0.3 is 12.1 Å². The number of likely N-dealkylation sites (N-methyl/N-ethyl adjacent to an activating group) is 1. The van der Waals surface area contributed by atoms with E-state index in [1.165, 1.54) is 12.1 Å². The van der Waals surface area contributed by atoms with Gasteiger partial charge in [0.2, 0.25) is 23.6 Å². The standard InChI is InChI=1S/C70H97FN8O12S/c1-9-11-12-18-36-78(67(84)63(49(5)10-2)76-65(83)58-24-17-19-35-77(58)8)59(48(3)4)44-60(66-75-56(47-92-66)64(82)74-55(45-70(6,7)68(85)86)43-50-25-29-54(71)30-26-50)91-69(87)73-34-38-89-40-42-90-41-39-88-37-33-72-61(80)31-32-62(81)79-46-53-22-14-13-20-51(53)27-28-52-21-15-16-23-57(52)79/h13-16,20-23,25-26,29-30,47-49,55,58-60,63H,9-12,17-19,24,31-46H2,1-8H3,(H,72,80)(H,73,87)(H,74,82)(H,76,83)(H,85,86)/t49-,55-,58+,59+,60+,63-/m0/s1. The number of rotatable bonds is 38. The van der Waals surface area contributed by atoms with Crippen molar-refractivity contribution in [2.24, 2.45) is 17.3 Å². The Morgan fingerprint density at radius 2 is 1.48 bits per heavy atom. The number of nitrogens with zero attached hydrogens (tertiary/aromatic N) is 4. The van der Waals surface area contributed by atoms with Crippen LogP contribution >= 0.6 is 11.3 Å². The molecular weight excluding hydrogens is 1200 g/mol. The van der Waals surface area contributed by atoms with Crippen LogP contribution < -0.4 is 26.2 Å². The lowest BCUT2D eigenvalue weighted by Gasteiger charge is -2.40. The summed E-state index contributed by atoms with van der Waals surface area (Å²) in [6, 6.07) is 18.6. The van der Waals surface area contributed by atoms with E-state index >= 15 is 4.79 Å². The number of carbonyl (C=O) groups excluding carboxylic acids is 6. The number of aromatic nitrogens is 1. The third kappa shape index (κ3) is 23.4. The summed E-state index contributed by atoms with van der Waals surface area (Å²) in [7, 11) is 1.94. The zero-order valence-corrected chi connectivity index (χ0v) is 55.8. The van der Waals surface area contributed by atoms with Gasteiger partial charge in [0.1, 0.15) is 22.6 Å². The van der Waals surface area contributed by atoms with Gasteiger partial charge < -0.3 is 55.1 Å². The first kappa shape index (κ1) is 73.8. The summed E-state index contributed by atoms with van der Waals surface area (Å²) in [5.74, 6) is 3.13. The van der Waals surface area contributed by atoms with E-state index in [4.69, 9.17) is 23.9 Å². The monoisotopic (exact) mass is 1290 g/mol. The van der Waals surface area contributed by atoms with Crippen LogP contribution in [-0.2, 0) is 55.9 Å². The van der Waals surface area contributed by atoms with Gasteiger partial charge in [0.15, 0.2) is 6.10 Å². The maximum Gasteiger partial charge on any atom is 0.407 e. The zero-order chi connectivity index (χ0) is 66.6.